The lowest BCUT2D eigenvalue weighted by molar-refractivity contribution is -0.121. The minimum absolute atomic E-state index is 0.0305. The summed E-state index contributed by atoms with van der Waals surface area (Å²) in [5, 5.41) is 9.25. The van der Waals surface area contributed by atoms with Gasteiger partial charge in [-0.2, -0.15) is 5.10 Å². The van der Waals surface area contributed by atoms with Gasteiger partial charge < -0.3 is 4.42 Å². The average molecular weight is 520 g/mol. The Labute approximate surface area is 221 Å². The third-order valence-corrected chi connectivity index (χ3v) is 7.29. The standard InChI is InChI=1S/C30H18ClN3O4/c31-18-11-13-19(14-12-18)33-29(36)25-26(32-34(27(25)30(33)37)20-7-2-1-3-8-20)28(35)24-16-22-21-9-5-4-6-17(21)10-15-23(22)38-24/h1-16,25,27H. The van der Waals surface area contributed by atoms with Gasteiger partial charge in [0, 0.05) is 10.4 Å². The van der Waals surface area contributed by atoms with Gasteiger partial charge in [0.15, 0.2) is 5.76 Å². The molecule has 4 aromatic carbocycles. The number of furan rings is 1. The van der Waals surface area contributed by atoms with Crippen LogP contribution in [-0.4, -0.2) is 29.4 Å². The predicted octanol–water partition coefficient (Wildman–Crippen LogP) is 5.86. The third kappa shape index (κ3) is 3.29. The number of para-hydroxylation sites is 1. The van der Waals surface area contributed by atoms with Gasteiger partial charge in [-0.25, -0.2) is 4.90 Å². The van der Waals surface area contributed by atoms with Crippen LogP contribution in [0.2, 0.25) is 5.02 Å². The second-order valence-corrected chi connectivity index (χ2v) is 9.65. The topological polar surface area (TPSA) is 83.2 Å². The van der Waals surface area contributed by atoms with Crippen LogP contribution in [0.5, 0.6) is 0 Å². The molecule has 184 valence electrons. The Hall–Kier alpha value is -4.75. The van der Waals surface area contributed by atoms with Gasteiger partial charge in [-0.05, 0) is 59.3 Å². The van der Waals surface area contributed by atoms with Crippen molar-refractivity contribution in [1.29, 1.82) is 0 Å². The number of imide groups is 1. The quantitative estimate of drug-likeness (QED) is 0.219. The minimum Gasteiger partial charge on any atom is -0.453 e. The Morgan fingerprint density at radius 2 is 1.53 bits per heavy atom. The van der Waals surface area contributed by atoms with Crippen LogP contribution in [0.3, 0.4) is 0 Å². The van der Waals surface area contributed by atoms with Gasteiger partial charge >= 0.3 is 0 Å². The Morgan fingerprint density at radius 3 is 2.32 bits per heavy atom. The normalized spacial score (nSPS) is 18.9. The number of ketones is 1. The molecule has 0 spiro atoms. The molecule has 1 aromatic heterocycles. The fourth-order valence-electron chi connectivity index (χ4n) is 5.27. The van der Waals surface area contributed by atoms with E-state index in [1.165, 1.54) is 5.01 Å². The highest BCUT2D eigenvalue weighted by atomic mass is 35.5. The average Bonchev–Trinajstić information content (AvgIpc) is 3.63. The van der Waals surface area contributed by atoms with E-state index in [1.54, 1.807) is 42.5 Å². The summed E-state index contributed by atoms with van der Waals surface area (Å²) in [4.78, 5) is 42.4. The van der Waals surface area contributed by atoms with E-state index in [9.17, 15) is 14.4 Å². The Bertz CT molecular complexity index is 1810. The van der Waals surface area contributed by atoms with E-state index in [1.807, 2.05) is 54.6 Å². The smallest absolute Gasteiger partial charge is 0.259 e. The first-order valence-corrected chi connectivity index (χ1v) is 12.4. The molecular weight excluding hydrogens is 502 g/mol. The lowest BCUT2D eigenvalue weighted by Gasteiger charge is -2.22. The number of Topliss-reactive ketones (excluding diaryl/α,β-unsaturated/α-hetero) is 1. The van der Waals surface area contributed by atoms with Crippen molar-refractivity contribution < 1.29 is 18.8 Å². The van der Waals surface area contributed by atoms with Crippen molar-refractivity contribution in [1.82, 2.24) is 0 Å². The minimum atomic E-state index is -1.09. The summed E-state index contributed by atoms with van der Waals surface area (Å²) < 4.78 is 5.95. The van der Waals surface area contributed by atoms with Crippen LogP contribution in [0.1, 0.15) is 10.6 Å². The van der Waals surface area contributed by atoms with E-state index in [2.05, 4.69) is 5.10 Å². The lowest BCUT2D eigenvalue weighted by Crippen LogP contribution is -2.39. The first kappa shape index (κ1) is 22.4. The van der Waals surface area contributed by atoms with Gasteiger partial charge in [-0.1, -0.05) is 60.1 Å². The number of carbonyl (C=O) groups excluding carboxylic acids is 3. The van der Waals surface area contributed by atoms with E-state index < -0.39 is 29.6 Å². The molecule has 3 heterocycles. The second-order valence-electron chi connectivity index (χ2n) is 9.21. The molecule has 2 aliphatic heterocycles. The largest absolute Gasteiger partial charge is 0.453 e. The van der Waals surface area contributed by atoms with Crippen molar-refractivity contribution in [2.75, 3.05) is 9.91 Å². The number of hydrazone groups is 1. The third-order valence-electron chi connectivity index (χ3n) is 7.04. The summed E-state index contributed by atoms with van der Waals surface area (Å²) in [5.41, 5.74) is 1.50. The maximum absolute atomic E-state index is 13.9. The molecule has 0 saturated carbocycles. The molecule has 2 aliphatic rings. The van der Waals surface area contributed by atoms with Crippen LogP contribution in [0, 0.1) is 5.92 Å². The van der Waals surface area contributed by atoms with E-state index in [-0.39, 0.29) is 11.5 Å². The molecule has 2 unspecified atom stereocenters. The number of fused-ring (bicyclic) bond motifs is 4. The predicted molar refractivity (Wildman–Crippen MR) is 146 cm³/mol. The van der Waals surface area contributed by atoms with Gasteiger partial charge in [-0.3, -0.25) is 19.4 Å². The molecule has 0 bridgehead atoms. The van der Waals surface area contributed by atoms with Gasteiger partial charge in [0.05, 0.1) is 11.4 Å². The van der Waals surface area contributed by atoms with Crippen LogP contribution in [-0.2, 0) is 9.59 Å². The molecule has 2 amide bonds. The molecule has 2 atom stereocenters. The Morgan fingerprint density at radius 1 is 0.789 bits per heavy atom. The molecule has 38 heavy (non-hydrogen) atoms. The highest BCUT2D eigenvalue weighted by Gasteiger charge is 2.59. The molecule has 1 fully saturated rings. The number of rotatable bonds is 4. The summed E-state index contributed by atoms with van der Waals surface area (Å²) in [5.74, 6) is -2.54. The van der Waals surface area contributed by atoms with Crippen molar-refractivity contribution in [3.8, 4) is 0 Å². The number of amides is 2. The fraction of sp³-hybridized carbons (Fsp3) is 0.0667. The number of nitrogens with zero attached hydrogens (tertiary/aromatic N) is 3. The highest BCUT2D eigenvalue weighted by molar-refractivity contribution is 6.53. The van der Waals surface area contributed by atoms with Crippen LogP contribution >= 0.6 is 11.6 Å². The van der Waals surface area contributed by atoms with Crippen LogP contribution < -0.4 is 9.91 Å². The fourth-order valence-corrected chi connectivity index (χ4v) is 5.40. The summed E-state index contributed by atoms with van der Waals surface area (Å²) in [6.07, 6.45) is 0. The van der Waals surface area contributed by atoms with Crippen LogP contribution in [0.25, 0.3) is 21.7 Å². The maximum Gasteiger partial charge on any atom is 0.259 e. The summed E-state index contributed by atoms with van der Waals surface area (Å²) in [6, 6.07) is 27.7. The van der Waals surface area contributed by atoms with Gasteiger partial charge in [-0.15, -0.1) is 0 Å². The Balaban J connectivity index is 1.34. The van der Waals surface area contributed by atoms with Gasteiger partial charge in [0.2, 0.25) is 11.7 Å². The summed E-state index contributed by atoms with van der Waals surface area (Å²) in [6.45, 7) is 0. The molecular formula is C30H18ClN3O4. The zero-order chi connectivity index (χ0) is 26.0. The van der Waals surface area contributed by atoms with E-state index >= 15 is 0 Å². The molecule has 1 saturated heterocycles. The zero-order valence-corrected chi connectivity index (χ0v) is 20.5. The van der Waals surface area contributed by atoms with Crippen molar-refractivity contribution in [2.24, 2.45) is 11.0 Å². The van der Waals surface area contributed by atoms with E-state index in [4.69, 9.17) is 16.0 Å². The number of anilines is 2. The lowest BCUT2D eigenvalue weighted by atomic mass is 9.94. The molecule has 7 nitrogen and oxygen atoms in total. The number of carbonyl (C=O) groups is 3. The second kappa shape index (κ2) is 8.39. The van der Waals surface area contributed by atoms with Gasteiger partial charge in [0.25, 0.3) is 5.91 Å². The summed E-state index contributed by atoms with van der Waals surface area (Å²) in [7, 11) is 0. The monoisotopic (exact) mass is 519 g/mol. The maximum atomic E-state index is 13.9. The number of hydrogen-bond acceptors (Lipinski definition) is 6. The molecule has 7 rings (SSSR count). The first-order valence-electron chi connectivity index (χ1n) is 12.0. The number of hydrogen-bond donors (Lipinski definition) is 0. The number of benzene rings is 4. The van der Waals surface area contributed by atoms with Crippen molar-refractivity contribution >= 4 is 68.0 Å². The molecule has 0 aliphatic carbocycles. The van der Waals surface area contributed by atoms with E-state index in [0.29, 0.717) is 22.0 Å². The van der Waals surface area contributed by atoms with E-state index in [0.717, 1.165) is 21.1 Å². The molecule has 5 aromatic rings. The molecule has 0 radical (unpaired) electrons. The molecule has 8 heteroatoms. The zero-order valence-electron chi connectivity index (χ0n) is 19.7. The van der Waals surface area contributed by atoms with Crippen molar-refractivity contribution in [3.63, 3.8) is 0 Å². The summed E-state index contributed by atoms with van der Waals surface area (Å²) >= 11 is 6.02. The number of halogens is 1. The van der Waals surface area contributed by atoms with Crippen LogP contribution in [0.15, 0.2) is 107 Å². The Kier molecular flexibility index (Phi) is 4.96. The molecule has 0 N–H and O–H groups in total. The first-order chi connectivity index (χ1) is 18.5. The SMILES string of the molecule is O=C(C1=NN(c2ccccc2)C2C(=O)N(c3ccc(Cl)cc3)C(=O)C12)c1cc2c(ccc3ccccc32)o1. The van der Waals surface area contributed by atoms with Crippen molar-refractivity contribution in [2.45, 2.75) is 6.04 Å². The van der Waals surface area contributed by atoms with Crippen molar-refractivity contribution in [3.05, 3.63) is 108 Å². The van der Waals surface area contributed by atoms with Crippen LogP contribution in [0.4, 0.5) is 11.4 Å². The highest BCUT2D eigenvalue weighted by Crippen LogP contribution is 2.39. The van der Waals surface area contributed by atoms with Gasteiger partial charge in [0.1, 0.15) is 23.3 Å².